The predicted octanol–water partition coefficient (Wildman–Crippen LogP) is 4.87. The highest BCUT2D eigenvalue weighted by Gasteiger charge is 2.22. The number of fused-ring (bicyclic) bond motifs is 2. The lowest BCUT2D eigenvalue weighted by molar-refractivity contribution is 0.0726. The van der Waals surface area contributed by atoms with Gasteiger partial charge in [0, 0.05) is 66.2 Å². The molecular formula is C26H24N6O. The number of aromatic nitrogens is 5. The third-order valence-electron chi connectivity index (χ3n) is 6.59. The first-order valence-corrected chi connectivity index (χ1v) is 11.3. The van der Waals surface area contributed by atoms with Crippen LogP contribution in [0.3, 0.4) is 0 Å². The molecule has 0 aliphatic carbocycles. The third-order valence-corrected chi connectivity index (χ3v) is 6.59. The Hall–Kier alpha value is -4.00. The van der Waals surface area contributed by atoms with Gasteiger partial charge in [-0.15, -0.1) is 0 Å². The number of pyridine rings is 3. The highest BCUT2D eigenvalue weighted by molar-refractivity contribution is 6.02. The van der Waals surface area contributed by atoms with Crippen LogP contribution in [0, 0.1) is 6.92 Å². The quantitative estimate of drug-likeness (QED) is 0.437. The van der Waals surface area contributed by atoms with Gasteiger partial charge in [0.2, 0.25) is 0 Å². The molecule has 33 heavy (non-hydrogen) atoms. The fraction of sp³-hybridized carbons (Fsp3) is 0.231. The third kappa shape index (κ3) is 3.36. The second-order valence-corrected chi connectivity index (χ2v) is 8.67. The molecule has 1 N–H and O–H groups in total. The molecule has 7 heteroatoms. The first-order chi connectivity index (χ1) is 16.2. The molecule has 0 atom stereocenters. The zero-order chi connectivity index (χ0) is 22.4. The van der Waals surface area contributed by atoms with Crippen LogP contribution in [0.1, 0.15) is 35.2 Å². The Morgan fingerprint density at radius 3 is 2.73 bits per heavy atom. The van der Waals surface area contributed by atoms with Crippen molar-refractivity contribution in [2.75, 3.05) is 13.1 Å². The zero-order valence-corrected chi connectivity index (χ0v) is 18.5. The first-order valence-electron chi connectivity index (χ1n) is 11.3. The summed E-state index contributed by atoms with van der Waals surface area (Å²) in [4.78, 5) is 27.3. The van der Waals surface area contributed by atoms with E-state index in [1.165, 1.54) is 6.42 Å². The number of hydrogen-bond donors (Lipinski definition) is 1. The number of likely N-dealkylation sites (tertiary alicyclic amines) is 1. The summed E-state index contributed by atoms with van der Waals surface area (Å²) in [6.07, 6.45) is 14.5. The lowest BCUT2D eigenvalue weighted by Crippen LogP contribution is -2.35. The Bertz CT molecular complexity index is 1490. The van der Waals surface area contributed by atoms with Crippen molar-refractivity contribution >= 4 is 22.5 Å². The Balaban J connectivity index is 1.44. The van der Waals surface area contributed by atoms with Gasteiger partial charge in [0.05, 0.1) is 17.3 Å². The average molecular weight is 437 g/mol. The van der Waals surface area contributed by atoms with Crippen LogP contribution < -0.4 is 0 Å². The van der Waals surface area contributed by atoms with Gasteiger partial charge in [0.1, 0.15) is 5.65 Å². The van der Waals surface area contributed by atoms with E-state index in [1.54, 1.807) is 16.9 Å². The van der Waals surface area contributed by atoms with Gasteiger partial charge in [0.25, 0.3) is 5.91 Å². The van der Waals surface area contributed by atoms with E-state index in [9.17, 15) is 4.79 Å². The molecule has 164 valence electrons. The first kappa shape index (κ1) is 19.7. The molecule has 1 aliphatic heterocycles. The summed E-state index contributed by atoms with van der Waals surface area (Å²) >= 11 is 0. The highest BCUT2D eigenvalue weighted by atomic mass is 16.2. The molecule has 1 aliphatic rings. The van der Waals surface area contributed by atoms with Crippen LogP contribution >= 0.6 is 0 Å². The molecule has 0 unspecified atom stereocenters. The van der Waals surface area contributed by atoms with Crippen molar-refractivity contribution in [1.82, 2.24) is 29.5 Å². The summed E-state index contributed by atoms with van der Waals surface area (Å²) in [5.74, 6) is 0.0665. The average Bonchev–Trinajstić information content (AvgIpc) is 3.48. The van der Waals surface area contributed by atoms with Crippen LogP contribution in [0.4, 0.5) is 0 Å². The summed E-state index contributed by atoms with van der Waals surface area (Å²) in [5, 5.41) is 5.46. The normalized spacial score (nSPS) is 14.3. The van der Waals surface area contributed by atoms with Gasteiger partial charge in [-0.1, -0.05) is 0 Å². The summed E-state index contributed by atoms with van der Waals surface area (Å²) in [6, 6.07) is 8.24. The van der Waals surface area contributed by atoms with Crippen LogP contribution in [0.25, 0.3) is 38.8 Å². The minimum Gasteiger partial charge on any atom is -0.346 e. The largest absolute Gasteiger partial charge is 0.346 e. The summed E-state index contributed by atoms with van der Waals surface area (Å²) in [7, 11) is 0. The molecule has 6 rings (SSSR count). The minimum atomic E-state index is 0.0665. The standard InChI is InChI=1S/C26H24N6O/c1-17-5-7-27-14-21(17)19-11-20-22(15-29-25(20)28-13-19)18-6-10-32-24(12-18)23(16-30-32)26(33)31-8-3-2-4-9-31/h5-7,10-16H,2-4,8-9H2,1H3,(H,28,29). The lowest BCUT2D eigenvalue weighted by Gasteiger charge is -2.26. The van der Waals surface area contributed by atoms with E-state index in [4.69, 9.17) is 0 Å². The van der Waals surface area contributed by atoms with Gasteiger partial charge in [-0.3, -0.25) is 9.78 Å². The summed E-state index contributed by atoms with van der Waals surface area (Å²) in [6.45, 7) is 3.72. The lowest BCUT2D eigenvalue weighted by atomic mass is 10.0. The fourth-order valence-electron chi connectivity index (χ4n) is 4.74. The Morgan fingerprint density at radius 1 is 1.00 bits per heavy atom. The van der Waals surface area contributed by atoms with Crippen molar-refractivity contribution in [3.05, 3.63) is 72.6 Å². The van der Waals surface area contributed by atoms with Crippen molar-refractivity contribution in [3.63, 3.8) is 0 Å². The van der Waals surface area contributed by atoms with E-state index in [0.29, 0.717) is 5.56 Å². The molecule has 0 spiro atoms. The summed E-state index contributed by atoms with van der Waals surface area (Å²) in [5.41, 5.74) is 7.62. The molecular weight excluding hydrogens is 412 g/mol. The SMILES string of the molecule is Cc1ccncc1-c1cnc2[nH]cc(-c3ccn4ncc(C(=O)N5CCCCC5)c4c3)c2c1. The Morgan fingerprint density at radius 2 is 1.88 bits per heavy atom. The molecule has 0 radical (unpaired) electrons. The second-order valence-electron chi connectivity index (χ2n) is 8.67. The number of amides is 1. The Kier molecular flexibility index (Phi) is 4.68. The number of carbonyl (C=O) groups is 1. The van der Waals surface area contributed by atoms with Crippen LogP contribution in [0.5, 0.6) is 0 Å². The maximum Gasteiger partial charge on any atom is 0.257 e. The molecule has 0 aromatic carbocycles. The highest BCUT2D eigenvalue weighted by Crippen LogP contribution is 2.32. The molecule has 0 bridgehead atoms. The number of aromatic amines is 1. The van der Waals surface area contributed by atoms with Crippen LogP contribution in [0.2, 0.25) is 0 Å². The van der Waals surface area contributed by atoms with E-state index < -0.39 is 0 Å². The number of aryl methyl sites for hydroxylation is 1. The number of H-pyrrole nitrogens is 1. The number of piperidine rings is 1. The number of hydrogen-bond acceptors (Lipinski definition) is 4. The second kappa shape index (κ2) is 7.85. The van der Waals surface area contributed by atoms with E-state index in [-0.39, 0.29) is 5.91 Å². The number of nitrogens with zero attached hydrogens (tertiary/aromatic N) is 5. The van der Waals surface area contributed by atoms with Gasteiger partial charge in [0.15, 0.2) is 0 Å². The monoisotopic (exact) mass is 436 g/mol. The predicted molar refractivity (Wildman–Crippen MR) is 128 cm³/mol. The Labute approximate surface area is 191 Å². The smallest absolute Gasteiger partial charge is 0.257 e. The van der Waals surface area contributed by atoms with Crippen molar-refractivity contribution in [2.24, 2.45) is 0 Å². The van der Waals surface area contributed by atoms with Crippen LogP contribution in [-0.4, -0.2) is 48.5 Å². The van der Waals surface area contributed by atoms with Crippen molar-refractivity contribution < 1.29 is 4.79 Å². The molecule has 1 fully saturated rings. The fourth-order valence-corrected chi connectivity index (χ4v) is 4.74. The molecule has 5 aromatic rings. The van der Waals surface area contributed by atoms with Gasteiger partial charge >= 0.3 is 0 Å². The van der Waals surface area contributed by atoms with E-state index >= 15 is 0 Å². The van der Waals surface area contributed by atoms with E-state index in [0.717, 1.165) is 70.3 Å². The maximum atomic E-state index is 13.2. The van der Waals surface area contributed by atoms with Crippen molar-refractivity contribution in [3.8, 4) is 22.3 Å². The minimum absolute atomic E-state index is 0.0665. The van der Waals surface area contributed by atoms with Gasteiger partial charge < -0.3 is 9.88 Å². The molecule has 1 saturated heterocycles. The molecule has 6 heterocycles. The van der Waals surface area contributed by atoms with Gasteiger partial charge in [-0.2, -0.15) is 5.10 Å². The van der Waals surface area contributed by atoms with Gasteiger partial charge in [-0.25, -0.2) is 9.50 Å². The molecule has 5 aromatic heterocycles. The van der Waals surface area contributed by atoms with E-state index in [1.807, 2.05) is 41.8 Å². The maximum absolute atomic E-state index is 13.2. The summed E-state index contributed by atoms with van der Waals surface area (Å²) < 4.78 is 1.78. The number of nitrogens with one attached hydrogen (secondary N) is 1. The van der Waals surface area contributed by atoms with Gasteiger partial charge in [-0.05, 0) is 61.6 Å². The molecule has 0 saturated carbocycles. The van der Waals surface area contributed by atoms with E-state index in [2.05, 4.69) is 39.1 Å². The molecule has 1 amide bonds. The van der Waals surface area contributed by atoms with Crippen molar-refractivity contribution in [2.45, 2.75) is 26.2 Å². The zero-order valence-electron chi connectivity index (χ0n) is 18.5. The number of rotatable bonds is 3. The van der Waals surface area contributed by atoms with Crippen LogP contribution in [0.15, 0.2) is 61.4 Å². The number of carbonyl (C=O) groups excluding carboxylic acids is 1. The van der Waals surface area contributed by atoms with Crippen LogP contribution in [-0.2, 0) is 0 Å². The van der Waals surface area contributed by atoms with Crippen molar-refractivity contribution in [1.29, 1.82) is 0 Å². The topological polar surface area (TPSA) is 79.2 Å². The molecule has 7 nitrogen and oxygen atoms in total.